The molecule has 3 rings (SSSR count). The first kappa shape index (κ1) is 12.9. The molecule has 1 nitrogen and oxygen atoms in total. The summed E-state index contributed by atoms with van der Waals surface area (Å²) < 4.78 is 27.5. The smallest absolute Gasteiger partial charge is 0.149 e. The molecule has 3 unspecified atom stereocenters. The quantitative estimate of drug-likeness (QED) is 0.824. The van der Waals surface area contributed by atoms with Gasteiger partial charge in [0.25, 0.3) is 0 Å². The van der Waals surface area contributed by atoms with Gasteiger partial charge in [-0.1, -0.05) is 26.8 Å². The first-order valence-corrected chi connectivity index (χ1v) is 7.07. The predicted molar refractivity (Wildman–Crippen MR) is 73.0 cm³/mol. The van der Waals surface area contributed by atoms with Crippen molar-refractivity contribution >= 4 is 5.69 Å². The van der Waals surface area contributed by atoms with Crippen molar-refractivity contribution in [1.82, 2.24) is 0 Å². The number of fused-ring (bicyclic) bond motifs is 2. The minimum Gasteiger partial charge on any atom is -0.377 e. The molecule has 2 bridgehead atoms. The molecular weight excluding hydrogens is 244 g/mol. The number of rotatable bonds is 2. The highest BCUT2D eigenvalue weighted by atomic mass is 19.1. The van der Waals surface area contributed by atoms with Crippen LogP contribution in [0.3, 0.4) is 0 Å². The summed E-state index contributed by atoms with van der Waals surface area (Å²) in [7, 11) is 0. The highest BCUT2D eigenvalue weighted by Crippen LogP contribution is 2.65. The molecule has 2 aliphatic rings. The van der Waals surface area contributed by atoms with E-state index in [1.54, 1.807) is 0 Å². The lowest BCUT2D eigenvalue weighted by Gasteiger charge is -2.40. The molecule has 0 heterocycles. The second-order valence-corrected chi connectivity index (χ2v) is 6.90. The standard InChI is InChI=1S/C16H21F2N/c1-15(2)10-7-8-16(15,3)13(9-10)19-14-11(17)5-4-6-12(14)18/h4-6,10,13,19H,7-9H2,1-3H3. The molecule has 2 fully saturated rings. The van der Waals surface area contributed by atoms with E-state index in [0.717, 1.165) is 12.8 Å². The summed E-state index contributed by atoms with van der Waals surface area (Å²) in [5, 5.41) is 3.15. The summed E-state index contributed by atoms with van der Waals surface area (Å²) in [5.41, 5.74) is 0.399. The summed E-state index contributed by atoms with van der Waals surface area (Å²) >= 11 is 0. The fourth-order valence-electron chi connectivity index (χ4n) is 4.23. The maximum atomic E-state index is 13.8. The fourth-order valence-corrected chi connectivity index (χ4v) is 4.23. The minimum absolute atomic E-state index is 0.0390. The van der Waals surface area contributed by atoms with Crippen molar-refractivity contribution in [3.63, 3.8) is 0 Å². The van der Waals surface area contributed by atoms with Crippen LogP contribution >= 0.6 is 0 Å². The van der Waals surface area contributed by atoms with Gasteiger partial charge in [0.05, 0.1) is 0 Å². The van der Waals surface area contributed by atoms with Gasteiger partial charge in [-0.25, -0.2) is 8.78 Å². The van der Waals surface area contributed by atoms with Crippen molar-refractivity contribution in [1.29, 1.82) is 0 Å². The van der Waals surface area contributed by atoms with E-state index < -0.39 is 11.6 Å². The number of benzene rings is 1. The van der Waals surface area contributed by atoms with E-state index in [1.807, 2.05) is 0 Å². The summed E-state index contributed by atoms with van der Waals surface area (Å²) in [6.07, 6.45) is 3.39. The Morgan fingerprint density at radius 1 is 1.16 bits per heavy atom. The molecule has 1 N–H and O–H groups in total. The van der Waals surface area contributed by atoms with E-state index >= 15 is 0 Å². The molecular formula is C16H21F2N. The molecule has 3 heteroatoms. The lowest BCUT2D eigenvalue weighted by molar-refractivity contribution is 0.142. The molecule has 1 aromatic rings. The summed E-state index contributed by atoms with van der Waals surface area (Å²) in [6.45, 7) is 6.85. The number of anilines is 1. The maximum Gasteiger partial charge on any atom is 0.149 e. The van der Waals surface area contributed by atoms with Crippen LogP contribution in [0.2, 0.25) is 0 Å². The van der Waals surface area contributed by atoms with Gasteiger partial charge in [0.15, 0.2) is 0 Å². The molecule has 0 aromatic heterocycles. The van der Waals surface area contributed by atoms with Crippen LogP contribution in [-0.2, 0) is 0 Å². The van der Waals surface area contributed by atoms with Crippen molar-refractivity contribution in [3.05, 3.63) is 29.8 Å². The Bertz CT molecular complexity index is 491. The third kappa shape index (κ3) is 1.63. The van der Waals surface area contributed by atoms with E-state index in [9.17, 15) is 8.78 Å². The molecule has 2 aliphatic carbocycles. The molecule has 0 amide bonds. The largest absolute Gasteiger partial charge is 0.377 e. The first-order valence-electron chi connectivity index (χ1n) is 7.07. The van der Waals surface area contributed by atoms with Crippen LogP contribution < -0.4 is 5.32 Å². The molecule has 3 atom stereocenters. The van der Waals surface area contributed by atoms with Crippen LogP contribution in [0.25, 0.3) is 0 Å². The lowest BCUT2D eigenvalue weighted by Crippen LogP contribution is -2.40. The van der Waals surface area contributed by atoms with Crippen LogP contribution in [0.1, 0.15) is 40.0 Å². The van der Waals surface area contributed by atoms with Gasteiger partial charge in [-0.05, 0) is 48.1 Å². The van der Waals surface area contributed by atoms with Gasteiger partial charge >= 0.3 is 0 Å². The predicted octanol–water partition coefficient (Wildman–Crippen LogP) is 4.59. The van der Waals surface area contributed by atoms with Gasteiger partial charge < -0.3 is 5.32 Å². The van der Waals surface area contributed by atoms with Gasteiger partial charge in [-0.2, -0.15) is 0 Å². The van der Waals surface area contributed by atoms with Crippen molar-refractivity contribution < 1.29 is 8.78 Å². The van der Waals surface area contributed by atoms with Gasteiger partial charge in [0.1, 0.15) is 17.3 Å². The zero-order valence-electron chi connectivity index (χ0n) is 11.8. The number of para-hydroxylation sites is 1. The topological polar surface area (TPSA) is 12.0 Å². The molecule has 104 valence electrons. The van der Waals surface area contributed by atoms with Crippen molar-refractivity contribution in [2.24, 2.45) is 16.7 Å². The Balaban J connectivity index is 1.90. The third-order valence-corrected chi connectivity index (χ3v) is 6.08. The van der Waals surface area contributed by atoms with Crippen molar-refractivity contribution in [3.8, 4) is 0 Å². The van der Waals surface area contributed by atoms with Crippen LogP contribution in [0.5, 0.6) is 0 Å². The number of nitrogens with one attached hydrogen (secondary N) is 1. The number of halogens is 2. The van der Waals surface area contributed by atoms with Crippen LogP contribution in [0.15, 0.2) is 18.2 Å². The molecule has 0 spiro atoms. The normalized spacial score (nSPS) is 35.6. The lowest BCUT2D eigenvalue weighted by atomic mass is 9.69. The average Bonchev–Trinajstić information content (AvgIpc) is 2.67. The Labute approximate surface area is 113 Å². The van der Waals surface area contributed by atoms with Gasteiger partial charge in [-0.15, -0.1) is 0 Å². The van der Waals surface area contributed by atoms with Crippen LogP contribution in [-0.4, -0.2) is 6.04 Å². The molecule has 0 radical (unpaired) electrons. The Morgan fingerprint density at radius 3 is 2.26 bits per heavy atom. The molecule has 0 aliphatic heterocycles. The summed E-state index contributed by atoms with van der Waals surface area (Å²) in [6, 6.07) is 4.19. The molecule has 19 heavy (non-hydrogen) atoms. The fraction of sp³-hybridized carbons (Fsp3) is 0.625. The zero-order valence-corrected chi connectivity index (χ0v) is 11.8. The van der Waals surface area contributed by atoms with Gasteiger partial charge in [-0.3, -0.25) is 0 Å². The number of hydrogen-bond donors (Lipinski definition) is 1. The Hall–Kier alpha value is -1.12. The second-order valence-electron chi connectivity index (χ2n) is 6.90. The third-order valence-electron chi connectivity index (χ3n) is 6.08. The molecule has 2 saturated carbocycles. The maximum absolute atomic E-state index is 13.8. The number of hydrogen-bond acceptors (Lipinski definition) is 1. The van der Waals surface area contributed by atoms with E-state index in [1.165, 1.54) is 24.6 Å². The molecule has 0 saturated heterocycles. The minimum atomic E-state index is -0.496. The molecule has 1 aromatic carbocycles. The van der Waals surface area contributed by atoms with E-state index in [2.05, 4.69) is 26.1 Å². The Kier molecular flexibility index (Phi) is 2.67. The van der Waals surface area contributed by atoms with Crippen molar-refractivity contribution in [2.75, 3.05) is 5.32 Å². The average molecular weight is 265 g/mol. The van der Waals surface area contributed by atoms with Crippen LogP contribution in [0, 0.1) is 28.4 Å². The zero-order chi connectivity index (χ0) is 13.8. The summed E-state index contributed by atoms with van der Waals surface area (Å²) in [5.74, 6) is -0.335. The Morgan fingerprint density at radius 2 is 1.79 bits per heavy atom. The van der Waals surface area contributed by atoms with Gasteiger partial charge in [0, 0.05) is 6.04 Å². The monoisotopic (exact) mass is 265 g/mol. The van der Waals surface area contributed by atoms with Gasteiger partial charge in [0.2, 0.25) is 0 Å². The highest BCUT2D eigenvalue weighted by molar-refractivity contribution is 5.48. The van der Waals surface area contributed by atoms with E-state index in [-0.39, 0.29) is 22.6 Å². The SMILES string of the molecule is CC1(C)C2CCC1(C)C(Nc1c(F)cccc1F)C2. The second kappa shape index (κ2) is 3.94. The first-order chi connectivity index (χ1) is 8.86. The highest BCUT2D eigenvalue weighted by Gasteiger charge is 2.61. The van der Waals surface area contributed by atoms with Crippen LogP contribution in [0.4, 0.5) is 14.5 Å². The van der Waals surface area contributed by atoms with Crippen molar-refractivity contribution in [2.45, 2.75) is 46.1 Å². The van der Waals surface area contributed by atoms with E-state index in [4.69, 9.17) is 0 Å². The summed E-state index contributed by atoms with van der Waals surface area (Å²) in [4.78, 5) is 0. The van der Waals surface area contributed by atoms with E-state index in [0.29, 0.717) is 5.92 Å².